The molecule has 0 aliphatic heterocycles. The molecule has 34 heavy (non-hydrogen) atoms. The van der Waals surface area contributed by atoms with Gasteiger partial charge in [0.05, 0.1) is 28.7 Å². The van der Waals surface area contributed by atoms with Crippen LogP contribution in [0.25, 0.3) is 10.9 Å². The van der Waals surface area contributed by atoms with Gasteiger partial charge in [0.25, 0.3) is 11.1 Å². The first-order chi connectivity index (χ1) is 16.0. The number of aromatic nitrogens is 5. The van der Waals surface area contributed by atoms with Gasteiger partial charge >= 0.3 is 0 Å². The first kappa shape index (κ1) is 23.0. The van der Waals surface area contributed by atoms with E-state index < -0.39 is 5.92 Å². The molecule has 0 atom stereocenters. The van der Waals surface area contributed by atoms with Gasteiger partial charge < -0.3 is 14.8 Å². The van der Waals surface area contributed by atoms with Crippen LogP contribution in [0, 0.1) is 25.2 Å². The Balaban J connectivity index is 0.00000274. The first-order valence-electron chi connectivity index (χ1n) is 10.6. The topological polar surface area (TPSA) is 126 Å². The molecule has 0 aliphatic rings. The van der Waals surface area contributed by atoms with Crippen molar-refractivity contribution in [2.75, 3.05) is 0 Å². The number of rotatable bonds is 5. The SMILES string of the molecule is Cc1[nH][nH]c(=O)c1C(c1c(C)[nH][nH]c1=O)c1cn(Cc2ccccc2C#N)c2ccccc12.Cl. The van der Waals surface area contributed by atoms with Gasteiger partial charge in [-0.2, -0.15) is 5.26 Å². The molecule has 5 aromatic rings. The van der Waals surface area contributed by atoms with Crippen LogP contribution in [-0.2, 0) is 6.54 Å². The van der Waals surface area contributed by atoms with Crippen molar-refractivity contribution in [3.63, 3.8) is 0 Å². The number of hydrogen-bond acceptors (Lipinski definition) is 3. The second kappa shape index (κ2) is 8.96. The second-order valence-electron chi connectivity index (χ2n) is 8.17. The quantitative estimate of drug-likeness (QED) is 0.309. The van der Waals surface area contributed by atoms with Crippen LogP contribution in [0.5, 0.6) is 0 Å². The molecule has 0 fully saturated rings. The first-order valence-corrected chi connectivity index (χ1v) is 10.6. The molecule has 5 rings (SSSR count). The predicted molar refractivity (Wildman–Crippen MR) is 133 cm³/mol. The summed E-state index contributed by atoms with van der Waals surface area (Å²) in [5.74, 6) is -0.577. The van der Waals surface area contributed by atoms with E-state index in [9.17, 15) is 14.9 Å². The fourth-order valence-electron chi connectivity index (χ4n) is 4.65. The molecule has 2 aromatic carbocycles. The minimum absolute atomic E-state index is 0. The lowest BCUT2D eigenvalue weighted by molar-refractivity contribution is 0.821. The lowest BCUT2D eigenvalue weighted by atomic mass is 9.85. The van der Waals surface area contributed by atoms with Crippen molar-refractivity contribution in [1.82, 2.24) is 25.0 Å². The number of benzene rings is 2. The van der Waals surface area contributed by atoms with E-state index in [2.05, 4.69) is 31.0 Å². The van der Waals surface area contributed by atoms with Gasteiger partial charge in [-0.25, -0.2) is 0 Å². The molecule has 8 nitrogen and oxygen atoms in total. The Labute approximate surface area is 200 Å². The van der Waals surface area contributed by atoms with Gasteiger partial charge in [0.15, 0.2) is 0 Å². The maximum Gasteiger partial charge on any atom is 0.268 e. The lowest BCUT2D eigenvalue weighted by Crippen LogP contribution is -2.20. The van der Waals surface area contributed by atoms with Gasteiger partial charge in [0.2, 0.25) is 0 Å². The van der Waals surface area contributed by atoms with Crippen LogP contribution in [-0.4, -0.2) is 25.0 Å². The van der Waals surface area contributed by atoms with Gasteiger partial charge in [-0.3, -0.25) is 19.8 Å². The highest BCUT2D eigenvalue weighted by Gasteiger charge is 2.30. The van der Waals surface area contributed by atoms with Crippen LogP contribution in [0.15, 0.2) is 64.3 Å². The summed E-state index contributed by atoms with van der Waals surface area (Å²) in [5, 5.41) is 21.6. The zero-order chi connectivity index (χ0) is 23.1. The summed E-state index contributed by atoms with van der Waals surface area (Å²) in [7, 11) is 0. The normalized spacial score (nSPS) is 11.0. The molecule has 0 amide bonds. The van der Waals surface area contributed by atoms with Crippen molar-refractivity contribution in [3.05, 3.63) is 115 Å². The fraction of sp³-hybridized carbons (Fsp3) is 0.160. The highest BCUT2D eigenvalue weighted by atomic mass is 35.5. The average Bonchev–Trinajstić information content (AvgIpc) is 3.47. The molecule has 0 saturated heterocycles. The van der Waals surface area contributed by atoms with Gasteiger partial charge in [-0.15, -0.1) is 12.4 Å². The van der Waals surface area contributed by atoms with Crippen molar-refractivity contribution >= 4 is 23.3 Å². The number of H-pyrrole nitrogens is 4. The molecule has 3 aromatic heterocycles. The van der Waals surface area contributed by atoms with E-state index in [0.29, 0.717) is 34.6 Å². The van der Waals surface area contributed by atoms with Crippen molar-refractivity contribution in [3.8, 4) is 6.07 Å². The molecule has 0 bridgehead atoms. The zero-order valence-electron chi connectivity index (χ0n) is 18.6. The molecule has 3 heterocycles. The van der Waals surface area contributed by atoms with Crippen molar-refractivity contribution in [1.29, 1.82) is 5.26 Å². The van der Waals surface area contributed by atoms with Crippen molar-refractivity contribution < 1.29 is 0 Å². The van der Waals surface area contributed by atoms with E-state index in [4.69, 9.17) is 0 Å². The molecular weight excluding hydrogens is 452 g/mol. The third-order valence-electron chi connectivity index (χ3n) is 6.21. The molecule has 0 spiro atoms. The van der Waals surface area contributed by atoms with Crippen molar-refractivity contribution in [2.24, 2.45) is 0 Å². The maximum absolute atomic E-state index is 12.8. The Morgan fingerprint density at radius 2 is 1.47 bits per heavy atom. The number of aryl methyl sites for hydroxylation is 2. The Kier molecular flexibility index (Phi) is 6.05. The number of hydrogen-bond donors (Lipinski definition) is 4. The maximum atomic E-state index is 12.8. The summed E-state index contributed by atoms with van der Waals surface area (Å²) >= 11 is 0. The molecule has 0 saturated carbocycles. The Hall–Kier alpha value is -4.22. The third kappa shape index (κ3) is 3.66. The van der Waals surface area contributed by atoms with Crippen LogP contribution >= 0.6 is 12.4 Å². The van der Waals surface area contributed by atoms with Gasteiger partial charge in [0, 0.05) is 35.0 Å². The number of nitriles is 1. The van der Waals surface area contributed by atoms with Gasteiger partial charge in [-0.1, -0.05) is 36.4 Å². The van der Waals surface area contributed by atoms with Gasteiger partial charge in [0.1, 0.15) is 0 Å². The zero-order valence-corrected chi connectivity index (χ0v) is 19.4. The molecule has 172 valence electrons. The predicted octanol–water partition coefficient (Wildman–Crippen LogP) is 3.81. The number of fused-ring (bicyclic) bond motifs is 1. The number of aromatic amines is 4. The summed E-state index contributed by atoms with van der Waals surface area (Å²) in [6.07, 6.45) is 1.99. The van der Waals surface area contributed by atoms with Crippen LogP contribution in [0.2, 0.25) is 0 Å². The number of nitrogens with one attached hydrogen (secondary N) is 4. The minimum atomic E-state index is -0.577. The van der Waals surface area contributed by atoms with E-state index in [0.717, 1.165) is 22.0 Å². The van der Waals surface area contributed by atoms with Crippen LogP contribution < -0.4 is 11.1 Å². The largest absolute Gasteiger partial charge is 0.343 e. The van der Waals surface area contributed by atoms with E-state index in [-0.39, 0.29) is 23.5 Å². The highest BCUT2D eigenvalue weighted by molar-refractivity contribution is 5.86. The number of para-hydroxylation sites is 1. The van der Waals surface area contributed by atoms with Gasteiger partial charge in [-0.05, 0) is 37.1 Å². The minimum Gasteiger partial charge on any atom is -0.343 e. The monoisotopic (exact) mass is 474 g/mol. The van der Waals surface area contributed by atoms with E-state index in [1.807, 2.05) is 62.5 Å². The van der Waals surface area contributed by atoms with Crippen molar-refractivity contribution in [2.45, 2.75) is 26.3 Å². The van der Waals surface area contributed by atoms with E-state index in [1.165, 1.54) is 0 Å². The third-order valence-corrected chi connectivity index (χ3v) is 6.21. The summed E-state index contributed by atoms with van der Waals surface area (Å²) < 4.78 is 2.07. The Morgan fingerprint density at radius 3 is 2.06 bits per heavy atom. The van der Waals surface area contributed by atoms with Crippen LogP contribution in [0.3, 0.4) is 0 Å². The molecule has 0 aliphatic carbocycles. The molecule has 0 radical (unpaired) electrons. The average molecular weight is 475 g/mol. The Bertz CT molecular complexity index is 1590. The van der Waals surface area contributed by atoms with Crippen LogP contribution in [0.1, 0.15) is 45.1 Å². The molecule has 9 heteroatoms. The molecule has 0 unspecified atom stereocenters. The Morgan fingerprint density at radius 1 is 0.882 bits per heavy atom. The fourth-order valence-corrected chi connectivity index (χ4v) is 4.65. The lowest BCUT2D eigenvalue weighted by Gasteiger charge is -2.15. The summed E-state index contributed by atoms with van der Waals surface area (Å²) in [6, 6.07) is 17.7. The smallest absolute Gasteiger partial charge is 0.268 e. The van der Waals surface area contributed by atoms with E-state index in [1.54, 1.807) is 6.07 Å². The number of halogens is 1. The highest BCUT2D eigenvalue weighted by Crippen LogP contribution is 2.37. The standard InChI is InChI=1S/C25H22N6O2.ClH/c1-14-21(24(32)29-27-14)23(22-15(2)28-30-25(22)33)19-13-31(20-10-6-5-9-18(19)20)12-17-8-4-3-7-16(17)11-26;/h3-10,13,23H,12H2,1-2H3,(H2,27,29,32)(H2,28,30,33);1H. The second-order valence-corrected chi connectivity index (χ2v) is 8.17. The van der Waals surface area contributed by atoms with E-state index >= 15 is 0 Å². The summed E-state index contributed by atoms with van der Waals surface area (Å²) in [5.41, 5.74) is 5.16. The number of nitrogens with zero attached hydrogens (tertiary/aromatic N) is 2. The summed E-state index contributed by atoms with van der Waals surface area (Å²) in [6.45, 7) is 4.12. The summed E-state index contributed by atoms with van der Waals surface area (Å²) in [4.78, 5) is 25.7. The molecule has 4 N–H and O–H groups in total. The van der Waals surface area contributed by atoms with Crippen LogP contribution in [0.4, 0.5) is 0 Å². The molecular formula is C25H23ClN6O2.